The maximum absolute atomic E-state index is 12.9. The van der Waals surface area contributed by atoms with Crippen LogP contribution in [0.15, 0.2) is 48.6 Å². The SMILES string of the molecule is CCN1CCN(C2=CN3C(=O)C=C(c4cc5cnc(C)cn5n4)PC3C=C2)CC1. The van der Waals surface area contributed by atoms with Crippen molar-refractivity contribution >= 4 is 25.3 Å². The molecule has 150 valence electrons. The Hall–Kier alpha value is -2.50. The summed E-state index contributed by atoms with van der Waals surface area (Å²) < 4.78 is 1.84. The number of carbonyl (C=O) groups excluding carboxylic acids is 1. The second kappa shape index (κ2) is 7.39. The Bertz CT molecular complexity index is 1050. The minimum absolute atomic E-state index is 0.0316. The molecule has 0 aromatic carbocycles. The Labute approximate surface area is 172 Å². The first kappa shape index (κ1) is 18.5. The largest absolute Gasteiger partial charge is 0.368 e. The fourth-order valence-electron chi connectivity index (χ4n) is 4.04. The van der Waals surface area contributed by atoms with Crippen LogP contribution in [0, 0.1) is 6.92 Å². The molecule has 0 saturated carbocycles. The highest BCUT2D eigenvalue weighted by Gasteiger charge is 2.30. The number of rotatable bonds is 3. The van der Waals surface area contributed by atoms with Crippen LogP contribution in [0.1, 0.15) is 18.3 Å². The molecule has 3 aliphatic heterocycles. The standard InChI is InChI=1S/C21H25N6OP/c1-3-24-6-8-25(9-7-24)16-4-5-21-26(14-16)20(28)11-19(29-21)18-10-17-12-22-15(2)13-27(17)23-18/h4-5,10-14,21,29H,3,6-9H2,1-2H3. The summed E-state index contributed by atoms with van der Waals surface area (Å²) in [6, 6.07) is 2.01. The van der Waals surface area contributed by atoms with Crippen LogP contribution in [0.2, 0.25) is 0 Å². The van der Waals surface area contributed by atoms with Crippen molar-refractivity contribution in [2.24, 2.45) is 0 Å². The number of hydrogen-bond donors (Lipinski definition) is 0. The van der Waals surface area contributed by atoms with E-state index in [2.05, 4.69) is 39.0 Å². The van der Waals surface area contributed by atoms with E-state index in [9.17, 15) is 4.79 Å². The normalized spacial score (nSPS) is 23.5. The zero-order valence-corrected chi connectivity index (χ0v) is 17.7. The summed E-state index contributed by atoms with van der Waals surface area (Å²) in [5, 5.41) is 5.67. The number of aryl methyl sites for hydroxylation is 1. The summed E-state index contributed by atoms with van der Waals surface area (Å²) in [6.45, 7) is 9.42. The highest BCUT2D eigenvalue weighted by molar-refractivity contribution is 7.51. The van der Waals surface area contributed by atoms with Gasteiger partial charge in [0.15, 0.2) is 0 Å². The molecule has 0 bridgehead atoms. The minimum Gasteiger partial charge on any atom is -0.368 e. The summed E-state index contributed by atoms with van der Waals surface area (Å²) in [4.78, 5) is 24.0. The van der Waals surface area contributed by atoms with Crippen LogP contribution in [0.25, 0.3) is 10.8 Å². The molecule has 5 heterocycles. The average Bonchev–Trinajstić information content (AvgIpc) is 3.17. The third kappa shape index (κ3) is 3.49. The van der Waals surface area contributed by atoms with E-state index in [1.54, 1.807) is 6.08 Å². The van der Waals surface area contributed by atoms with E-state index in [4.69, 9.17) is 0 Å². The molecular formula is C21H25N6OP. The van der Waals surface area contributed by atoms with Crippen LogP contribution in [0.4, 0.5) is 0 Å². The van der Waals surface area contributed by atoms with Crippen LogP contribution in [0.3, 0.4) is 0 Å². The second-order valence-electron chi connectivity index (χ2n) is 7.65. The lowest BCUT2D eigenvalue weighted by atomic mass is 10.2. The van der Waals surface area contributed by atoms with Gasteiger partial charge >= 0.3 is 0 Å². The van der Waals surface area contributed by atoms with Gasteiger partial charge in [0.2, 0.25) is 0 Å². The molecule has 1 fully saturated rings. The van der Waals surface area contributed by atoms with E-state index in [0.29, 0.717) is 8.58 Å². The van der Waals surface area contributed by atoms with Crippen molar-refractivity contribution in [3.05, 3.63) is 60.0 Å². The Balaban J connectivity index is 1.37. The molecule has 1 saturated heterocycles. The number of amides is 1. The molecule has 5 rings (SSSR count). The highest BCUT2D eigenvalue weighted by atomic mass is 31.1. The van der Waals surface area contributed by atoms with E-state index in [1.165, 1.54) is 0 Å². The van der Waals surface area contributed by atoms with E-state index in [1.807, 2.05) is 41.0 Å². The topological polar surface area (TPSA) is 57.0 Å². The van der Waals surface area contributed by atoms with E-state index < -0.39 is 0 Å². The fourth-order valence-corrected chi connectivity index (χ4v) is 5.37. The number of nitrogens with zero attached hydrogens (tertiary/aromatic N) is 6. The van der Waals surface area contributed by atoms with Crippen molar-refractivity contribution in [3.8, 4) is 0 Å². The first-order valence-corrected chi connectivity index (χ1v) is 11.2. The second-order valence-corrected chi connectivity index (χ2v) is 9.07. The van der Waals surface area contributed by atoms with Crippen LogP contribution < -0.4 is 0 Å². The van der Waals surface area contributed by atoms with Gasteiger partial charge in [-0.15, -0.1) is 0 Å². The molecule has 8 heteroatoms. The molecule has 0 spiro atoms. The van der Waals surface area contributed by atoms with Crippen molar-refractivity contribution in [2.75, 3.05) is 32.7 Å². The first-order chi connectivity index (χ1) is 14.1. The van der Waals surface area contributed by atoms with Crippen molar-refractivity contribution in [1.29, 1.82) is 0 Å². The van der Waals surface area contributed by atoms with E-state index in [0.717, 1.165) is 60.6 Å². The van der Waals surface area contributed by atoms with Gasteiger partial charge in [-0.05, 0) is 25.6 Å². The molecule has 0 N–H and O–H groups in total. The third-order valence-electron chi connectivity index (χ3n) is 5.78. The average molecular weight is 408 g/mol. The zero-order valence-electron chi connectivity index (χ0n) is 16.7. The number of allylic oxidation sites excluding steroid dienone is 1. The predicted molar refractivity (Wildman–Crippen MR) is 116 cm³/mol. The van der Waals surface area contributed by atoms with Gasteiger partial charge in [0.05, 0.1) is 40.8 Å². The van der Waals surface area contributed by atoms with Crippen LogP contribution in [-0.2, 0) is 4.79 Å². The highest BCUT2D eigenvalue weighted by Crippen LogP contribution is 2.44. The molecule has 1 amide bonds. The summed E-state index contributed by atoms with van der Waals surface area (Å²) in [5.74, 6) is 0.108. The van der Waals surface area contributed by atoms with Gasteiger partial charge < -0.3 is 14.7 Å². The molecule has 2 aromatic rings. The number of aromatic nitrogens is 3. The Morgan fingerprint density at radius 1 is 1.24 bits per heavy atom. The maximum atomic E-state index is 12.9. The van der Waals surface area contributed by atoms with Crippen LogP contribution in [0.5, 0.6) is 0 Å². The molecular weight excluding hydrogens is 383 g/mol. The summed E-state index contributed by atoms with van der Waals surface area (Å²) in [5.41, 5.74) is 3.87. The van der Waals surface area contributed by atoms with Crippen molar-refractivity contribution in [2.45, 2.75) is 19.6 Å². The molecule has 29 heavy (non-hydrogen) atoms. The molecule has 7 nitrogen and oxygen atoms in total. The van der Waals surface area contributed by atoms with Gasteiger partial charge in [-0.25, -0.2) is 4.52 Å². The van der Waals surface area contributed by atoms with Crippen molar-refractivity contribution in [3.63, 3.8) is 0 Å². The Morgan fingerprint density at radius 2 is 2.07 bits per heavy atom. The van der Waals surface area contributed by atoms with Gasteiger partial charge in [0.25, 0.3) is 5.91 Å². The lowest BCUT2D eigenvalue weighted by Gasteiger charge is -2.39. The van der Waals surface area contributed by atoms with E-state index in [-0.39, 0.29) is 11.7 Å². The van der Waals surface area contributed by atoms with Gasteiger partial charge in [0.1, 0.15) is 0 Å². The van der Waals surface area contributed by atoms with Crippen LogP contribution in [-0.4, -0.2) is 73.7 Å². The van der Waals surface area contributed by atoms with E-state index >= 15 is 0 Å². The molecule has 2 aromatic heterocycles. The van der Waals surface area contributed by atoms with Gasteiger partial charge in [-0.1, -0.05) is 21.6 Å². The number of piperazine rings is 1. The Kier molecular flexibility index (Phi) is 4.72. The molecule has 2 unspecified atom stereocenters. The monoisotopic (exact) mass is 408 g/mol. The smallest absolute Gasteiger partial charge is 0.252 e. The summed E-state index contributed by atoms with van der Waals surface area (Å²) >= 11 is 0. The fraction of sp³-hybridized carbons (Fsp3) is 0.381. The summed E-state index contributed by atoms with van der Waals surface area (Å²) in [6.07, 6.45) is 11.9. The Morgan fingerprint density at radius 3 is 2.86 bits per heavy atom. The number of likely N-dealkylation sites (N-methyl/N-ethyl adjacent to an activating group) is 1. The predicted octanol–water partition coefficient (Wildman–Crippen LogP) is 2.27. The summed E-state index contributed by atoms with van der Waals surface area (Å²) in [7, 11) is 0.474. The number of carbonyl (C=O) groups is 1. The third-order valence-corrected chi connectivity index (χ3v) is 7.26. The molecule has 0 aliphatic carbocycles. The van der Waals surface area contributed by atoms with Crippen molar-refractivity contribution < 1.29 is 4.79 Å². The van der Waals surface area contributed by atoms with Gasteiger partial charge in [0, 0.05) is 43.8 Å². The molecule has 2 atom stereocenters. The molecule has 3 aliphatic rings. The number of fused-ring (bicyclic) bond motifs is 2. The van der Waals surface area contributed by atoms with Crippen molar-refractivity contribution in [1.82, 2.24) is 29.3 Å². The lowest BCUT2D eigenvalue weighted by Crippen LogP contribution is -2.46. The van der Waals surface area contributed by atoms with Gasteiger partial charge in [-0.2, -0.15) is 5.10 Å². The quantitative estimate of drug-likeness (QED) is 0.730. The maximum Gasteiger partial charge on any atom is 0.252 e. The number of hydrogen-bond acceptors (Lipinski definition) is 5. The first-order valence-electron chi connectivity index (χ1n) is 10.1. The van der Waals surface area contributed by atoms with Gasteiger partial charge in [-0.3, -0.25) is 9.78 Å². The lowest BCUT2D eigenvalue weighted by molar-refractivity contribution is -0.123. The van der Waals surface area contributed by atoms with Crippen LogP contribution >= 0.6 is 8.58 Å². The minimum atomic E-state index is 0.0316. The molecule has 0 radical (unpaired) electrons. The zero-order chi connectivity index (χ0) is 20.0.